The van der Waals surface area contributed by atoms with Gasteiger partial charge in [-0.25, -0.2) is 10.1 Å². The Morgan fingerprint density at radius 3 is 2.75 bits per heavy atom. The fourth-order valence-corrected chi connectivity index (χ4v) is 2.69. The summed E-state index contributed by atoms with van der Waals surface area (Å²) in [6.45, 7) is 1.95. The van der Waals surface area contributed by atoms with Gasteiger partial charge >= 0.3 is 0 Å². The van der Waals surface area contributed by atoms with Crippen molar-refractivity contribution in [2.24, 2.45) is 0 Å². The molecule has 1 amide bonds. The van der Waals surface area contributed by atoms with Crippen molar-refractivity contribution in [3.05, 3.63) is 66.2 Å². The lowest BCUT2D eigenvalue weighted by Gasteiger charge is -2.07. The van der Waals surface area contributed by atoms with Gasteiger partial charge in [-0.15, -0.1) is 0 Å². The molecule has 4 rings (SSSR count). The second-order valence-electron chi connectivity index (χ2n) is 5.32. The van der Waals surface area contributed by atoms with Crippen molar-refractivity contribution >= 4 is 22.9 Å². The van der Waals surface area contributed by atoms with Crippen LogP contribution in [0, 0.1) is 6.92 Å². The lowest BCUT2D eigenvalue weighted by Crippen LogP contribution is -2.12. The molecular formula is C17H14N6O. The number of carbonyl (C=O) groups is 1. The third-order valence-corrected chi connectivity index (χ3v) is 3.75. The van der Waals surface area contributed by atoms with Gasteiger partial charge in [0.25, 0.3) is 5.91 Å². The number of para-hydroxylation sites is 1. The quantitative estimate of drug-likeness (QED) is 0.608. The van der Waals surface area contributed by atoms with E-state index in [-0.39, 0.29) is 5.91 Å². The zero-order chi connectivity index (χ0) is 16.5. The van der Waals surface area contributed by atoms with Gasteiger partial charge in [0.2, 0.25) is 5.95 Å². The van der Waals surface area contributed by atoms with Crippen molar-refractivity contribution in [2.45, 2.75) is 6.92 Å². The summed E-state index contributed by atoms with van der Waals surface area (Å²) in [5.74, 6) is 0.913. The van der Waals surface area contributed by atoms with E-state index in [1.165, 1.54) is 6.33 Å². The van der Waals surface area contributed by atoms with E-state index in [9.17, 15) is 4.79 Å². The second-order valence-corrected chi connectivity index (χ2v) is 5.32. The van der Waals surface area contributed by atoms with Crippen LogP contribution in [0.15, 0.2) is 54.9 Å². The highest BCUT2D eigenvalue weighted by atomic mass is 16.1. The lowest BCUT2D eigenvalue weighted by molar-refractivity contribution is 0.102. The average molecular weight is 318 g/mol. The predicted octanol–water partition coefficient (Wildman–Crippen LogP) is 2.70. The Balaban J connectivity index is 1.73. The summed E-state index contributed by atoms with van der Waals surface area (Å²) in [4.78, 5) is 20.7. The van der Waals surface area contributed by atoms with Gasteiger partial charge in [0.15, 0.2) is 0 Å². The lowest BCUT2D eigenvalue weighted by atomic mass is 10.2. The van der Waals surface area contributed by atoms with E-state index < -0.39 is 0 Å². The highest BCUT2D eigenvalue weighted by Gasteiger charge is 2.13. The van der Waals surface area contributed by atoms with Crippen LogP contribution in [0.4, 0.5) is 5.95 Å². The maximum Gasteiger partial charge on any atom is 0.258 e. The number of hydrogen-bond acceptors (Lipinski definition) is 4. The van der Waals surface area contributed by atoms with Crippen molar-refractivity contribution in [1.29, 1.82) is 0 Å². The number of aromatic amines is 1. The van der Waals surface area contributed by atoms with Crippen LogP contribution in [-0.2, 0) is 0 Å². The highest BCUT2D eigenvalue weighted by molar-refractivity contribution is 6.05. The molecule has 0 saturated carbocycles. The number of aromatic nitrogens is 5. The Morgan fingerprint density at radius 2 is 2.00 bits per heavy atom. The topological polar surface area (TPSA) is 88.5 Å². The number of imidazole rings is 1. The number of nitrogens with zero attached hydrogens (tertiary/aromatic N) is 4. The predicted molar refractivity (Wildman–Crippen MR) is 90.1 cm³/mol. The molecular weight excluding hydrogens is 304 g/mol. The Kier molecular flexibility index (Phi) is 3.31. The zero-order valence-corrected chi connectivity index (χ0v) is 12.9. The summed E-state index contributed by atoms with van der Waals surface area (Å²) >= 11 is 0. The maximum atomic E-state index is 12.3. The summed E-state index contributed by atoms with van der Waals surface area (Å²) in [5.41, 5.74) is 3.27. The molecule has 2 aromatic heterocycles. The van der Waals surface area contributed by atoms with E-state index in [2.05, 4.69) is 30.0 Å². The van der Waals surface area contributed by atoms with Crippen molar-refractivity contribution in [1.82, 2.24) is 24.7 Å². The Hall–Kier alpha value is -3.48. The van der Waals surface area contributed by atoms with Crippen molar-refractivity contribution in [3.63, 3.8) is 0 Å². The van der Waals surface area contributed by atoms with Gasteiger partial charge in [0.05, 0.1) is 11.0 Å². The number of fused-ring (bicyclic) bond motifs is 1. The van der Waals surface area contributed by atoms with E-state index in [0.717, 1.165) is 22.5 Å². The number of aryl methyl sites for hydroxylation is 1. The number of amides is 1. The van der Waals surface area contributed by atoms with E-state index in [0.29, 0.717) is 11.5 Å². The molecule has 0 aliphatic carbocycles. The van der Waals surface area contributed by atoms with Gasteiger partial charge in [-0.3, -0.25) is 14.7 Å². The van der Waals surface area contributed by atoms with E-state index in [4.69, 9.17) is 0 Å². The second kappa shape index (κ2) is 5.62. The van der Waals surface area contributed by atoms with Crippen LogP contribution >= 0.6 is 0 Å². The zero-order valence-electron chi connectivity index (χ0n) is 12.9. The van der Waals surface area contributed by atoms with Crippen LogP contribution in [-0.4, -0.2) is 30.6 Å². The summed E-state index contributed by atoms with van der Waals surface area (Å²) in [6.07, 6.45) is 1.34. The minimum absolute atomic E-state index is 0.263. The van der Waals surface area contributed by atoms with Crippen molar-refractivity contribution in [2.75, 3.05) is 5.32 Å². The molecule has 0 radical (unpaired) electrons. The molecule has 0 saturated heterocycles. The minimum Gasteiger partial charge on any atom is -0.297 e. The van der Waals surface area contributed by atoms with Gasteiger partial charge in [0, 0.05) is 11.3 Å². The smallest absolute Gasteiger partial charge is 0.258 e. The van der Waals surface area contributed by atoms with Crippen LogP contribution in [0.1, 0.15) is 16.2 Å². The largest absolute Gasteiger partial charge is 0.297 e. The number of H-pyrrole nitrogens is 1. The van der Waals surface area contributed by atoms with Crippen LogP contribution < -0.4 is 5.32 Å². The molecule has 4 aromatic rings. The van der Waals surface area contributed by atoms with Crippen LogP contribution in [0.25, 0.3) is 16.7 Å². The third kappa shape index (κ3) is 2.41. The fourth-order valence-electron chi connectivity index (χ4n) is 2.69. The van der Waals surface area contributed by atoms with Gasteiger partial charge < -0.3 is 0 Å². The first kappa shape index (κ1) is 14.1. The summed E-state index contributed by atoms with van der Waals surface area (Å²) in [7, 11) is 0. The number of anilines is 1. The third-order valence-electron chi connectivity index (χ3n) is 3.75. The molecule has 2 aromatic carbocycles. The molecule has 0 spiro atoms. The fraction of sp³-hybridized carbons (Fsp3) is 0.0588. The van der Waals surface area contributed by atoms with Crippen LogP contribution in [0.5, 0.6) is 0 Å². The van der Waals surface area contributed by atoms with Gasteiger partial charge in [-0.2, -0.15) is 10.1 Å². The molecule has 0 fully saturated rings. The normalized spacial score (nSPS) is 10.9. The molecule has 2 N–H and O–H groups in total. The molecule has 0 aliphatic rings. The molecule has 2 heterocycles. The Labute approximate surface area is 137 Å². The summed E-state index contributed by atoms with van der Waals surface area (Å²) in [5, 5.41) is 8.95. The first-order chi connectivity index (χ1) is 11.7. The van der Waals surface area contributed by atoms with Gasteiger partial charge in [-0.1, -0.05) is 18.2 Å². The van der Waals surface area contributed by atoms with Crippen molar-refractivity contribution < 1.29 is 4.79 Å². The number of hydrogen-bond donors (Lipinski definition) is 2. The number of carbonyl (C=O) groups excluding carboxylic acids is 1. The number of rotatable bonds is 3. The van der Waals surface area contributed by atoms with Crippen LogP contribution in [0.3, 0.4) is 0 Å². The minimum atomic E-state index is -0.263. The van der Waals surface area contributed by atoms with E-state index in [1.54, 1.807) is 12.1 Å². The summed E-state index contributed by atoms with van der Waals surface area (Å²) < 4.78 is 2.06. The monoisotopic (exact) mass is 318 g/mol. The van der Waals surface area contributed by atoms with Gasteiger partial charge in [-0.05, 0) is 37.3 Å². The summed E-state index contributed by atoms with van der Waals surface area (Å²) in [6, 6.07) is 15.4. The number of nitrogens with one attached hydrogen (secondary N) is 2. The van der Waals surface area contributed by atoms with E-state index >= 15 is 0 Å². The Bertz CT molecular complexity index is 1000. The molecule has 24 heavy (non-hydrogen) atoms. The molecule has 0 unspecified atom stereocenters. The highest BCUT2D eigenvalue weighted by Crippen LogP contribution is 2.22. The molecule has 0 atom stereocenters. The molecule has 0 aliphatic heterocycles. The SMILES string of the molecule is Cc1nc2cc(C(=O)Nc3ncn[nH]3)ccc2n1-c1ccccc1. The first-order valence-corrected chi connectivity index (χ1v) is 7.43. The molecule has 0 bridgehead atoms. The molecule has 118 valence electrons. The molecule has 7 nitrogen and oxygen atoms in total. The molecule has 7 heteroatoms. The van der Waals surface area contributed by atoms with Crippen LogP contribution in [0.2, 0.25) is 0 Å². The maximum absolute atomic E-state index is 12.3. The number of benzene rings is 2. The standard InChI is InChI=1S/C17H14N6O/c1-11-20-14-9-12(16(24)21-17-18-10-19-22-17)7-8-15(14)23(11)13-5-3-2-4-6-13/h2-10H,1H3,(H2,18,19,21,22,24). The van der Waals surface area contributed by atoms with Gasteiger partial charge in [0.1, 0.15) is 12.2 Å². The first-order valence-electron chi connectivity index (χ1n) is 7.43. The Morgan fingerprint density at radius 1 is 1.17 bits per heavy atom. The van der Waals surface area contributed by atoms with Crippen molar-refractivity contribution in [3.8, 4) is 5.69 Å². The average Bonchev–Trinajstić information content (AvgIpc) is 3.21. The van der Waals surface area contributed by atoms with E-state index in [1.807, 2.05) is 43.3 Å².